The minimum absolute atomic E-state index is 0.127. The second-order valence-electron chi connectivity index (χ2n) is 7.92. The van der Waals surface area contributed by atoms with Crippen LogP contribution in [-0.4, -0.2) is 33.9 Å². The third kappa shape index (κ3) is 3.57. The van der Waals surface area contributed by atoms with E-state index in [0.29, 0.717) is 12.3 Å². The van der Waals surface area contributed by atoms with Crippen molar-refractivity contribution in [3.05, 3.63) is 82.2 Å². The lowest BCUT2D eigenvalue weighted by atomic mass is 10.1. The second-order valence-corrected chi connectivity index (χ2v) is 7.92. The van der Waals surface area contributed by atoms with Crippen LogP contribution in [0.4, 0.5) is 11.4 Å². The van der Waals surface area contributed by atoms with Gasteiger partial charge < -0.3 is 14.8 Å². The van der Waals surface area contributed by atoms with Gasteiger partial charge in [-0.05, 0) is 26.0 Å². The van der Waals surface area contributed by atoms with Crippen molar-refractivity contribution >= 4 is 44.6 Å². The van der Waals surface area contributed by atoms with E-state index < -0.39 is 10.8 Å². The molecule has 0 aliphatic rings. The third-order valence-electron chi connectivity index (χ3n) is 5.90. The summed E-state index contributed by atoms with van der Waals surface area (Å²) >= 11 is 0. The van der Waals surface area contributed by atoms with Crippen LogP contribution in [0.1, 0.15) is 23.1 Å². The maximum absolute atomic E-state index is 13.6. The summed E-state index contributed by atoms with van der Waals surface area (Å²) in [7, 11) is 1.39. The molecule has 3 aromatic carbocycles. The predicted octanol–water partition coefficient (Wildman–Crippen LogP) is 5.52. The first-order valence-corrected chi connectivity index (χ1v) is 11.0. The number of carbonyl (C=O) groups is 1. The van der Waals surface area contributed by atoms with Gasteiger partial charge in [-0.1, -0.05) is 36.4 Å². The zero-order valence-corrected chi connectivity index (χ0v) is 19.4. The number of anilines is 1. The molecule has 9 heteroatoms. The molecular weight excluding hydrogens is 448 g/mol. The number of nitro benzene ring substituents is 1. The van der Waals surface area contributed by atoms with Gasteiger partial charge in [-0.15, -0.1) is 0 Å². The molecule has 1 amide bonds. The number of para-hydroxylation sites is 2. The molecule has 176 valence electrons. The van der Waals surface area contributed by atoms with Gasteiger partial charge >= 0.3 is 0 Å². The molecule has 0 saturated heterocycles. The number of amides is 1. The van der Waals surface area contributed by atoms with Crippen molar-refractivity contribution in [3.63, 3.8) is 0 Å². The first-order chi connectivity index (χ1) is 16.9. The first-order valence-electron chi connectivity index (χ1n) is 11.0. The van der Waals surface area contributed by atoms with Crippen molar-refractivity contribution in [3.8, 4) is 11.5 Å². The molecule has 0 aliphatic heterocycles. The van der Waals surface area contributed by atoms with E-state index in [0.717, 1.165) is 33.1 Å². The largest absolute Gasteiger partial charge is 0.493 e. The molecule has 0 spiro atoms. The Morgan fingerprint density at radius 2 is 1.80 bits per heavy atom. The number of benzene rings is 3. The van der Waals surface area contributed by atoms with Crippen molar-refractivity contribution in [2.75, 3.05) is 19.0 Å². The van der Waals surface area contributed by atoms with Gasteiger partial charge in [-0.25, -0.2) is 4.98 Å². The SMILES string of the molecule is CCOc1cc(C(=O)Nc2c3ccccc3n3c(C)nc4ccccc4c23)c([N+](=O)[O-])cc1OC. The van der Waals surface area contributed by atoms with E-state index >= 15 is 0 Å². The summed E-state index contributed by atoms with van der Waals surface area (Å²) < 4.78 is 12.8. The Morgan fingerprint density at radius 3 is 2.51 bits per heavy atom. The van der Waals surface area contributed by atoms with Crippen molar-refractivity contribution in [2.24, 2.45) is 0 Å². The lowest BCUT2D eigenvalue weighted by Crippen LogP contribution is -2.15. The molecule has 0 saturated carbocycles. The van der Waals surface area contributed by atoms with E-state index in [1.54, 1.807) is 6.92 Å². The lowest BCUT2D eigenvalue weighted by molar-refractivity contribution is -0.385. The van der Waals surface area contributed by atoms with Crippen LogP contribution in [0.15, 0.2) is 60.7 Å². The maximum Gasteiger partial charge on any atom is 0.286 e. The van der Waals surface area contributed by atoms with Crippen molar-refractivity contribution in [2.45, 2.75) is 13.8 Å². The minimum atomic E-state index is -0.628. The number of methoxy groups -OCH3 is 1. The molecule has 35 heavy (non-hydrogen) atoms. The van der Waals surface area contributed by atoms with Crippen LogP contribution >= 0.6 is 0 Å². The zero-order chi connectivity index (χ0) is 24.7. The Bertz CT molecular complexity index is 1640. The topological polar surface area (TPSA) is 108 Å². The fourth-order valence-corrected chi connectivity index (χ4v) is 4.44. The van der Waals surface area contributed by atoms with Gasteiger partial charge in [0.1, 0.15) is 11.4 Å². The van der Waals surface area contributed by atoms with Gasteiger partial charge in [0.15, 0.2) is 11.5 Å². The molecule has 0 unspecified atom stereocenters. The summed E-state index contributed by atoms with van der Waals surface area (Å²) in [5.41, 5.74) is 2.47. The van der Waals surface area contributed by atoms with Crippen LogP contribution in [-0.2, 0) is 0 Å². The van der Waals surface area contributed by atoms with Crippen molar-refractivity contribution < 1.29 is 19.2 Å². The van der Waals surface area contributed by atoms with Crippen LogP contribution in [0.3, 0.4) is 0 Å². The number of aryl methyl sites for hydroxylation is 1. The number of nitrogens with one attached hydrogen (secondary N) is 1. The molecule has 0 aliphatic carbocycles. The fraction of sp³-hybridized carbons (Fsp3) is 0.154. The highest BCUT2D eigenvalue weighted by molar-refractivity contribution is 6.19. The van der Waals surface area contributed by atoms with Crippen LogP contribution in [0, 0.1) is 17.0 Å². The smallest absolute Gasteiger partial charge is 0.286 e. The average Bonchev–Trinajstić information content (AvgIpc) is 3.19. The summed E-state index contributed by atoms with van der Waals surface area (Å²) in [6, 6.07) is 17.9. The van der Waals surface area contributed by atoms with E-state index in [4.69, 9.17) is 14.5 Å². The Morgan fingerprint density at radius 1 is 1.09 bits per heavy atom. The van der Waals surface area contributed by atoms with Crippen LogP contribution in [0.5, 0.6) is 11.5 Å². The highest BCUT2D eigenvalue weighted by Crippen LogP contribution is 2.39. The molecule has 2 heterocycles. The Hall–Kier alpha value is -4.66. The molecule has 9 nitrogen and oxygen atoms in total. The summed E-state index contributed by atoms with van der Waals surface area (Å²) in [6.45, 7) is 3.99. The molecule has 1 N–H and O–H groups in total. The van der Waals surface area contributed by atoms with Gasteiger partial charge in [0.05, 0.1) is 46.9 Å². The van der Waals surface area contributed by atoms with E-state index in [2.05, 4.69) is 5.32 Å². The maximum atomic E-state index is 13.6. The Labute approximate surface area is 200 Å². The quantitative estimate of drug-likeness (QED) is 0.259. The number of hydrogen-bond donors (Lipinski definition) is 1. The highest BCUT2D eigenvalue weighted by Gasteiger charge is 2.27. The monoisotopic (exact) mass is 470 g/mol. The number of rotatable bonds is 6. The van der Waals surface area contributed by atoms with Crippen LogP contribution in [0.25, 0.3) is 27.3 Å². The predicted molar refractivity (Wildman–Crippen MR) is 134 cm³/mol. The summed E-state index contributed by atoms with van der Waals surface area (Å²) in [5.74, 6) is 0.562. The first kappa shape index (κ1) is 22.1. The summed E-state index contributed by atoms with van der Waals surface area (Å²) in [6.07, 6.45) is 0. The lowest BCUT2D eigenvalue weighted by Gasteiger charge is -2.12. The molecule has 0 radical (unpaired) electrons. The number of hydrogen-bond acceptors (Lipinski definition) is 6. The molecule has 2 aromatic heterocycles. The number of fused-ring (bicyclic) bond motifs is 5. The molecule has 0 bridgehead atoms. The average molecular weight is 470 g/mol. The summed E-state index contributed by atoms with van der Waals surface area (Å²) in [5, 5.41) is 16.4. The minimum Gasteiger partial charge on any atom is -0.493 e. The number of nitro groups is 1. The molecule has 5 rings (SSSR count). The number of ether oxygens (including phenoxy) is 2. The molecular formula is C26H22N4O5. The van der Waals surface area contributed by atoms with Gasteiger partial charge in [0.25, 0.3) is 11.6 Å². The van der Waals surface area contributed by atoms with E-state index in [1.165, 1.54) is 19.2 Å². The van der Waals surface area contributed by atoms with Crippen LogP contribution in [0.2, 0.25) is 0 Å². The third-order valence-corrected chi connectivity index (χ3v) is 5.90. The van der Waals surface area contributed by atoms with Gasteiger partial charge in [-0.3, -0.25) is 19.3 Å². The Balaban J connectivity index is 1.75. The second kappa shape index (κ2) is 8.60. The highest BCUT2D eigenvalue weighted by atomic mass is 16.6. The normalized spacial score (nSPS) is 11.2. The standard InChI is InChI=1S/C26H22N4O5/c1-4-35-23-13-18(21(30(32)33)14-22(23)34-3)26(31)28-24-17-10-6-8-12-20(17)29-15(2)27-19-11-7-5-9-16(19)25(24)29/h5-14H,4H2,1-3H3,(H,28,31). The van der Waals surface area contributed by atoms with Crippen molar-refractivity contribution in [1.29, 1.82) is 0 Å². The molecule has 0 fully saturated rings. The summed E-state index contributed by atoms with van der Waals surface area (Å²) in [4.78, 5) is 29.5. The van der Waals surface area contributed by atoms with Crippen molar-refractivity contribution in [1.82, 2.24) is 9.38 Å². The van der Waals surface area contributed by atoms with Gasteiger partial charge in [0, 0.05) is 16.8 Å². The number of carbonyl (C=O) groups excluding carboxylic acids is 1. The molecule has 0 atom stereocenters. The fourth-order valence-electron chi connectivity index (χ4n) is 4.44. The van der Waals surface area contributed by atoms with Gasteiger partial charge in [0.2, 0.25) is 0 Å². The zero-order valence-electron chi connectivity index (χ0n) is 19.4. The van der Waals surface area contributed by atoms with E-state index in [9.17, 15) is 14.9 Å². The van der Waals surface area contributed by atoms with E-state index in [-0.39, 0.29) is 22.7 Å². The Kier molecular flexibility index (Phi) is 5.44. The van der Waals surface area contributed by atoms with Gasteiger partial charge in [-0.2, -0.15) is 0 Å². The number of aromatic nitrogens is 2. The number of nitrogens with zero attached hydrogens (tertiary/aromatic N) is 3. The van der Waals surface area contributed by atoms with E-state index in [1.807, 2.05) is 59.9 Å². The van der Waals surface area contributed by atoms with Crippen LogP contribution < -0.4 is 14.8 Å². The molecule has 5 aromatic rings.